The Kier molecular flexibility index (Phi) is 13.0. The highest BCUT2D eigenvalue weighted by Crippen LogP contribution is 2.56. The largest absolute Gasteiger partial charge is 0.236 e. The van der Waals surface area contributed by atoms with E-state index in [-0.39, 0.29) is 5.41 Å². The number of aliphatic imine (C=N–C) groups is 1. The van der Waals surface area contributed by atoms with E-state index < -0.39 is 0 Å². The van der Waals surface area contributed by atoms with Crippen LogP contribution >= 0.6 is 23.6 Å². The third-order valence-corrected chi connectivity index (χ3v) is 11.2. The van der Waals surface area contributed by atoms with Crippen LogP contribution < -0.4 is 0 Å². The van der Waals surface area contributed by atoms with Crippen molar-refractivity contribution >= 4 is 44.6 Å². The second kappa shape index (κ2) is 17.3. The first kappa shape index (κ1) is 33.7. The van der Waals surface area contributed by atoms with Gasteiger partial charge in [0.15, 0.2) is 0 Å². The van der Waals surface area contributed by atoms with E-state index in [0.717, 1.165) is 16.2 Å². The third kappa shape index (κ3) is 8.39. The minimum absolute atomic E-state index is 0.00519. The number of hydrogen-bond acceptors (Lipinski definition) is 4. The first-order chi connectivity index (χ1) is 22.2. The van der Waals surface area contributed by atoms with Gasteiger partial charge in [0.2, 0.25) is 0 Å². The van der Waals surface area contributed by atoms with Crippen LogP contribution in [-0.4, -0.2) is 10.1 Å². The van der Waals surface area contributed by atoms with Gasteiger partial charge in [-0.1, -0.05) is 147 Å². The second-order valence-electron chi connectivity index (χ2n) is 13.2. The van der Waals surface area contributed by atoms with Crippen molar-refractivity contribution in [3.63, 3.8) is 0 Å². The van der Waals surface area contributed by atoms with Crippen molar-refractivity contribution in [2.24, 2.45) is 4.99 Å². The molecule has 0 saturated carbocycles. The third-order valence-electron chi connectivity index (χ3n) is 9.97. The van der Waals surface area contributed by atoms with Crippen molar-refractivity contribution in [1.29, 1.82) is 0 Å². The van der Waals surface area contributed by atoms with Crippen molar-refractivity contribution in [2.75, 3.05) is 0 Å². The minimum Gasteiger partial charge on any atom is -0.236 e. The summed E-state index contributed by atoms with van der Waals surface area (Å²) in [5.41, 5.74) is 8.99. The highest BCUT2D eigenvalue weighted by molar-refractivity contribution is 7.78. The number of benzene rings is 3. The Hall–Kier alpha value is -2.65. The van der Waals surface area contributed by atoms with E-state index in [1.165, 1.54) is 148 Å². The number of fused-ring (bicyclic) bond motifs is 4. The number of thiocarbonyl (C=S) groups is 1. The van der Waals surface area contributed by atoms with Gasteiger partial charge in [0.25, 0.3) is 0 Å². The number of unbranched alkanes of at least 4 members (excludes halogenated alkanes) is 14. The van der Waals surface area contributed by atoms with Crippen molar-refractivity contribution in [3.05, 3.63) is 71.8 Å². The zero-order chi connectivity index (χ0) is 31.3. The minimum atomic E-state index is -0.00519. The molecule has 1 heterocycles. The zero-order valence-corrected chi connectivity index (χ0v) is 29.3. The molecule has 0 saturated heterocycles. The molecular weight excluding hydrogens is 585 g/mol. The molecule has 45 heavy (non-hydrogen) atoms. The quantitative estimate of drug-likeness (QED) is 0.0548. The Morgan fingerprint density at radius 3 is 1.82 bits per heavy atom. The van der Waals surface area contributed by atoms with Crippen LogP contribution in [0.5, 0.6) is 0 Å². The van der Waals surface area contributed by atoms with Gasteiger partial charge < -0.3 is 0 Å². The Bertz CT molecular complexity index is 1510. The van der Waals surface area contributed by atoms with Crippen LogP contribution in [0.2, 0.25) is 0 Å². The van der Waals surface area contributed by atoms with Crippen LogP contribution in [0.1, 0.15) is 141 Å². The van der Waals surface area contributed by atoms with Crippen molar-refractivity contribution < 1.29 is 0 Å². The maximum absolute atomic E-state index is 5.06. The number of para-hydroxylation sites is 1. The van der Waals surface area contributed by atoms with E-state index in [1.54, 1.807) is 0 Å². The van der Waals surface area contributed by atoms with Gasteiger partial charge in [-0.05, 0) is 77.6 Å². The average molecular weight is 637 g/mol. The highest BCUT2D eigenvalue weighted by Gasteiger charge is 2.42. The average Bonchev–Trinajstić information content (AvgIpc) is 3.61. The van der Waals surface area contributed by atoms with Gasteiger partial charge >= 0.3 is 0 Å². The first-order valence-corrected chi connectivity index (χ1v) is 19.2. The number of hydrogen-bond donors (Lipinski definition) is 0. The van der Waals surface area contributed by atoms with Gasteiger partial charge in [0.1, 0.15) is 5.01 Å². The van der Waals surface area contributed by atoms with E-state index in [0.29, 0.717) is 0 Å². The summed E-state index contributed by atoms with van der Waals surface area (Å²) in [7, 11) is 0. The fourth-order valence-electron chi connectivity index (χ4n) is 7.52. The molecule has 3 aromatic carbocycles. The summed E-state index contributed by atoms with van der Waals surface area (Å²) in [5, 5.41) is 3.75. The summed E-state index contributed by atoms with van der Waals surface area (Å²) in [6.45, 7) is 4.60. The fourth-order valence-corrected chi connectivity index (χ4v) is 8.59. The SMILES string of the molecule is CCCCCCCCCCC1(CCCCCCCCCC)c2cc(N=C=S)ccc2-c2ccc(-c3nc4ccccc4s3)cc21. The van der Waals surface area contributed by atoms with E-state index in [1.807, 2.05) is 11.3 Å². The Balaban J connectivity index is 1.45. The summed E-state index contributed by atoms with van der Waals surface area (Å²) in [6, 6.07) is 22.4. The molecule has 0 N–H and O–H groups in total. The van der Waals surface area contributed by atoms with Crippen LogP contribution in [0, 0.1) is 0 Å². The smallest absolute Gasteiger partial charge is 0.124 e. The lowest BCUT2D eigenvalue weighted by atomic mass is 9.70. The van der Waals surface area contributed by atoms with Gasteiger partial charge in [-0.25, -0.2) is 4.98 Å². The normalized spacial score (nSPS) is 13.1. The van der Waals surface area contributed by atoms with Crippen LogP contribution in [-0.2, 0) is 5.41 Å². The fraction of sp³-hybridized carbons (Fsp3) is 0.512. The predicted molar refractivity (Wildman–Crippen MR) is 200 cm³/mol. The topological polar surface area (TPSA) is 25.2 Å². The molecule has 0 fully saturated rings. The summed E-state index contributed by atoms with van der Waals surface area (Å²) in [4.78, 5) is 9.51. The standard InChI is InChI=1S/C41H52N2S2/c1-3-5-7-9-11-13-15-19-27-41(28-20-16-14-12-10-8-6-4-2)36-29-32(40-43-38-21-17-18-22-39(38)45-40)23-25-34(36)35-26-24-33(42-31-44)30-37(35)41/h17-18,21-26,29-30H,3-16,19-20,27-28H2,1-2H3. The molecule has 1 aliphatic carbocycles. The van der Waals surface area contributed by atoms with Gasteiger partial charge in [-0.2, -0.15) is 4.99 Å². The van der Waals surface area contributed by atoms with Crippen molar-refractivity contribution in [3.8, 4) is 21.7 Å². The van der Waals surface area contributed by atoms with Crippen LogP contribution in [0.3, 0.4) is 0 Å². The number of nitrogens with zero attached hydrogens (tertiary/aromatic N) is 2. The van der Waals surface area contributed by atoms with Crippen LogP contribution in [0.25, 0.3) is 31.9 Å². The molecule has 2 nitrogen and oxygen atoms in total. The molecular formula is C41H52N2S2. The van der Waals surface area contributed by atoms with Crippen LogP contribution in [0.15, 0.2) is 65.7 Å². The zero-order valence-electron chi connectivity index (χ0n) is 27.7. The Morgan fingerprint density at radius 2 is 1.22 bits per heavy atom. The molecule has 0 radical (unpaired) electrons. The summed E-state index contributed by atoms with van der Waals surface area (Å²) in [6.07, 6.45) is 23.9. The van der Waals surface area contributed by atoms with E-state index in [4.69, 9.17) is 17.2 Å². The highest BCUT2D eigenvalue weighted by atomic mass is 32.1. The van der Waals surface area contributed by atoms with E-state index in [9.17, 15) is 0 Å². The number of aromatic nitrogens is 1. The maximum atomic E-state index is 5.06. The molecule has 0 spiro atoms. The molecule has 1 aliphatic rings. The van der Waals surface area contributed by atoms with Crippen LogP contribution in [0.4, 0.5) is 5.69 Å². The Labute approximate surface area is 281 Å². The lowest BCUT2D eigenvalue weighted by molar-refractivity contribution is 0.397. The summed E-state index contributed by atoms with van der Waals surface area (Å²) >= 11 is 6.85. The van der Waals surface area contributed by atoms with E-state index in [2.05, 4.69) is 84.7 Å². The van der Waals surface area contributed by atoms with Gasteiger partial charge in [0, 0.05) is 11.0 Å². The lowest BCUT2D eigenvalue weighted by Crippen LogP contribution is -2.25. The monoisotopic (exact) mass is 636 g/mol. The molecule has 238 valence electrons. The first-order valence-electron chi connectivity index (χ1n) is 17.9. The number of thiazole rings is 1. The molecule has 5 rings (SSSR count). The number of rotatable bonds is 20. The Morgan fingerprint density at radius 1 is 0.667 bits per heavy atom. The predicted octanol–water partition coefficient (Wildman–Crippen LogP) is 14.0. The molecule has 0 atom stereocenters. The molecule has 0 bridgehead atoms. The number of isothiocyanates is 1. The molecule has 4 aromatic rings. The van der Waals surface area contributed by atoms with Crippen molar-refractivity contribution in [1.82, 2.24) is 4.98 Å². The van der Waals surface area contributed by atoms with Gasteiger partial charge in [-0.15, -0.1) is 11.3 Å². The van der Waals surface area contributed by atoms with Crippen molar-refractivity contribution in [2.45, 2.75) is 135 Å². The molecule has 4 heteroatoms. The molecule has 0 amide bonds. The molecule has 0 aliphatic heterocycles. The maximum Gasteiger partial charge on any atom is 0.124 e. The molecule has 0 unspecified atom stereocenters. The lowest BCUT2D eigenvalue weighted by Gasteiger charge is -2.33. The molecule has 1 aromatic heterocycles. The summed E-state index contributed by atoms with van der Waals surface area (Å²) in [5.74, 6) is 0. The summed E-state index contributed by atoms with van der Waals surface area (Å²) < 4.78 is 1.25. The van der Waals surface area contributed by atoms with E-state index >= 15 is 0 Å². The second-order valence-corrected chi connectivity index (χ2v) is 14.4. The van der Waals surface area contributed by atoms with Gasteiger partial charge in [0.05, 0.1) is 21.1 Å². The van der Waals surface area contributed by atoms with Gasteiger partial charge in [-0.3, -0.25) is 0 Å².